The summed E-state index contributed by atoms with van der Waals surface area (Å²) in [4.78, 5) is 15.2. The number of rotatable bonds is 3. The molecular weight excluding hydrogens is 385 g/mol. The third-order valence-electron chi connectivity index (χ3n) is 4.49. The quantitative estimate of drug-likeness (QED) is 0.718. The molecule has 1 N–H and O–H groups in total. The number of piperidine rings is 1. The maximum Gasteiger partial charge on any atom is 0.139 e. The van der Waals surface area contributed by atoms with Gasteiger partial charge in [-0.25, -0.2) is 19.3 Å². The maximum atomic E-state index is 13.7. The second kappa shape index (κ2) is 6.92. The Kier molecular flexibility index (Phi) is 4.48. The van der Waals surface area contributed by atoms with Gasteiger partial charge in [0.2, 0.25) is 0 Å². The number of halogens is 2. The lowest BCUT2D eigenvalue weighted by Crippen LogP contribution is -2.39. The molecule has 3 aromatic rings. The average molecular weight is 402 g/mol. The Morgan fingerprint density at radius 1 is 1.12 bits per heavy atom. The first-order chi connectivity index (χ1) is 12.2. The van der Waals surface area contributed by atoms with Crippen LogP contribution in [0.1, 0.15) is 12.8 Å². The number of pyridine rings is 1. The summed E-state index contributed by atoms with van der Waals surface area (Å²) >= 11 is 3.24. The molecule has 0 aliphatic carbocycles. The average Bonchev–Trinajstić information content (AvgIpc) is 2.65. The van der Waals surface area contributed by atoms with Crippen LogP contribution in [0.5, 0.6) is 0 Å². The van der Waals surface area contributed by atoms with Crippen molar-refractivity contribution >= 4 is 38.5 Å². The number of hydrogen-bond acceptors (Lipinski definition) is 5. The minimum Gasteiger partial charge on any atom is -0.367 e. The molecule has 4 rings (SSSR count). The lowest BCUT2D eigenvalue weighted by atomic mass is 10.0. The zero-order valence-corrected chi connectivity index (χ0v) is 15.1. The molecule has 0 amide bonds. The molecule has 25 heavy (non-hydrogen) atoms. The molecule has 1 aliphatic heterocycles. The fraction of sp³-hybridized carbons (Fsp3) is 0.278. The highest BCUT2D eigenvalue weighted by Crippen LogP contribution is 2.28. The van der Waals surface area contributed by atoms with E-state index >= 15 is 0 Å². The number of anilines is 2. The van der Waals surface area contributed by atoms with Crippen molar-refractivity contribution in [1.29, 1.82) is 0 Å². The second-order valence-electron chi connectivity index (χ2n) is 6.10. The molecule has 0 unspecified atom stereocenters. The molecule has 3 heterocycles. The van der Waals surface area contributed by atoms with Gasteiger partial charge < -0.3 is 10.2 Å². The first kappa shape index (κ1) is 16.2. The van der Waals surface area contributed by atoms with Crippen LogP contribution in [0.2, 0.25) is 0 Å². The van der Waals surface area contributed by atoms with E-state index < -0.39 is 0 Å². The number of benzene rings is 1. The minimum absolute atomic E-state index is 0.319. The van der Waals surface area contributed by atoms with Crippen molar-refractivity contribution in [2.24, 2.45) is 0 Å². The highest BCUT2D eigenvalue weighted by Gasteiger charge is 2.21. The number of hydrogen-bond donors (Lipinski definition) is 1. The third-order valence-corrected chi connectivity index (χ3v) is 5.09. The van der Waals surface area contributed by atoms with Crippen molar-refractivity contribution in [2.45, 2.75) is 18.9 Å². The van der Waals surface area contributed by atoms with E-state index in [4.69, 9.17) is 0 Å². The summed E-state index contributed by atoms with van der Waals surface area (Å²) in [6.07, 6.45) is 5.28. The van der Waals surface area contributed by atoms with E-state index in [1.807, 2.05) is 24.4 Å². The molecule has 0 spiro atoms. The fourth-order valence-electron chi connectivity index (χ4n) is 3.15. The molecule has 7 heteroatoms. The van der Waals surface area contributed by atoms with Crippen LogP contribution in [0.15, 0.2) is 47.3 Å². The molecule has 5 nitrogen and oxygen atoms in total. The van der Waals surface area contributed by atoms with Crippen LogP contribution >= 0.6 is 15.9 Å². The van der Waals surface area contributed by atoms with Gasteiger partial charge in [-0.1, -0.05) is 6.07 Å². The molecule has 2 aromatic heterocycles. The van der Waals surface area contributed by atoms with E-state index in [0.29, 0.717) is 16.0 Å². The van der Waals surface area contributed by atoms with Gasteiger partial charge in [0, 0.05) is 36.8 Å². The molecule has 0 atom stereocenters. The number of nitrogens with one attached hydrogen (secondary N) is 1. The van der Waals surface area contributed by atoms with Crippen LogP contribution in [0, 0.1) is 5.82 Å². The lowest BCUT2D eigenvalue weighted by Gasteiger charge is -2.33. The highest BCUT2D eigenvalue weighted by molar-refractivity contribution is 9.10. The molecule has 1 fully saturated rings. The Bertz CT molecular complexity index is 881. The van der Waals surface area contributed by atoms with Crippen LogP contribution in [-0.2, 0) is 0 Å². The summed E-state index contributed by atoms with van der Waals surface area (Å²) in [5.41, 5.74) is 0.601. The van der Waals surface area contributed by atoms with Crippen molar-refractivity contribution in [3.05, 3.63) is 53.1 Å². The van der Waals surface area contributed by atoms with Gasteiger partial charge >= 0.3 is 0 Å². The summed E-state index contributed by atoms with van der Waals surface area (Å²) in [6, 6.07) is 9.46. The Morgan fingerprint density at radius 2 is 1.96 bits per heavy atom. The van der Waals surface area contributed by atoms with Crippen molar-refractivity contribution in [3.63, 3.8) is 0 Å². The second-order valence-corrected chi connectivity index (χ2v) is 6.95. The summed E-state index contributed by atoms with van der Waals surface area (Å²) in [7, 11) is 0. The molecule has 0 radical (unpaired) electrons. The van der Waals surface area contributed by atoms with Gasteiger partial charge in [-0.2, -0.15) is 0 Å². The molecule has 1 aliphatic rings. The van der Waals surface area contributed by atoms with E-state index in [2.05, 4.69) is 41.1 Å². The molecular formula is C18H17BrFN5. The Morgan fingerprint density at radius 3 is 2.72 bits per heavy atom. The minimum atomic E-state index is -0.319. The van der Waals surface area contributed by atoms with Gasteiger partial charge in [0.05, 0.1) is 9.99 Å². The number of fused-ring (bicyclic) bond motifs is 1. The number of aromatic nitrogens is 3. The zero-order chi connectivity index (χ0) is 17.2. The van der Waals surface area contributed by atoms with Crippen molar-refractivity contribution < 1.29 is 4.39 Å². The van der Waals surface area contributed by atoms with E-state index in [9.17, 15) is 4.39 Å². The highest BCUT2D eigenvalue weighted by atomic mass is 79.9. The smallest absolute Gasteiger partial charge is 0.139 e. The third kappa shape index (κ3) is 3.42. The van der Waals surface area contributed by atoms with Crippen LogP contribution in [0.3, 0.4) is 0 Å². The predicted octanol–water partition coefficient (Wildman–Crippen LogP) is 4.01. The monoisotopic (exact) mass is 401 g/mol. The summed E-state index contributed by atoms with van der Waals surface area (Å²) in [6.45, 7) is 1.88. The predicted molar refractivity (Wildman–Crippen MR) is 100 cm³/mol. The molecule has 0 saturated carbocycles. The molecule has 1 aromatic carbocycles. The van der Waals surface area contributed by atoms with Crippen LogP contribution in [-0.4, -0.2) is 34.1 Å². The molecule has 1 saturated heterocycles. The first-order valence-electron chi connectivity index (χ1n) is 8.23. The van der Waals surface area contributed by atoms with Crippen molar-refractivity contribution in [3.8, 4) is 0 Å². The van der Waals surface area contributed by atoms with Gasteiger partial charge in [-0.3, -0.25) is 0 Å². The fourth-order valence-corrected chi connectivity index (χ4v) is 3.50. The first-order valence-corrected chi connectivity index (χ1v) is 9.02. The van der Waals surface area contributed by atoms with E-state index in [-0.39, 0.29) is 5.82 Å². The van der Waals surface area contributed by atoms with Crippen LogP contribution in [0.25, 0.3) is 10.9 Å². The molecule has 0 bridgehead atoms. The molecule has 128 valence electrons. The van der Waals surface area contributed by atoms with Gasteiger partial charge in [0.1, 0.15) is 23.8 Å². The van der Waals surface area contributed by atoms with E-state index in [1.165, 1.54) is 12.4 Å². The Hall–Kier alpha value is -2.28. The summed E-state index contributed by atoms with van der Waals surface area (Å²) in [5.74, 6) is 1.45. The van der Waals surface area contributed by atoms with E-state index in [1.54, 1.807) is 6.07 Å². The Labute approximate surface area is 153 Å². The topological polar surface area (TPSA) is 53.9 Å². The zero-order valence-electron chi connectivity index (χ0n) is 13.5. The van der Waals surface area contributed by atoms with E-state index in [0.717, 1.165) is 43.0 Å². The summed E-state index contributed by atoms with van der Waals surface area (Å²) < 4.78 is 14.1. The van der Waals surface area contributed by atoms with Gasteiger partial charge in [-0.15, -0.1) is 0 Å². The lowest BCUT2D eigenvalue weighted by molar-refractivity contribution is 0.523. The maximum absolute atomic E-state index is 13.7. The summed E-state index contributed by atoms with van der Waals surface area (Å²) in [5, 5.41) is 4.32. The van der Waals surface area contributed by atoms with Gasteiger partial charge in [0.25, 0.3) is 0 Å². The Balaban J connectivity index is 1.49. The standard InChI is InChI=1S/C18H17BrFN5/c19-14-9-13-16(10-15(14)20)22-11-23-18(13)24-12-4-7-25(8-5-12)17-3-1-2-6-21-17/h1-3,6,9-12H,4-5,7-8H2,(H,22,23,24). The van der Waals surface area contributed by atoms with Gasteiger partial charge in [-0.05, 0) is 47.0 Å². The van der Waals surface area contributed by atoms with Gasteiger partial charge in [0.15, 0.2) is 0 Å². The SMILES string of the molecule is Fc1cc2ncnc(NC3CCN(c4ccccn4)CC3)c2cc1Br. The van der Waals surface area contributed by atoms with Crippen molar-refractivity contribution in [1.82, 2.24) is 15.0 Å². The van der Waals surface area contributed by atoms with Crippen molar-refractivity contribution in [2.75, 3.05) is 23.3 Å². The van der Waals surface area contributed by atoms with Crippen LogP contribution in [0.4, 0.5) is 16.0 Å². The number of nitrogens with zero attached hydrogens (tertiary/aromatic N) is 4. The van der Waals surface area contributed by atoms with Crippen LogP contribution < -0.4 is 10.2 Å². The largest absolute Gasteiger partial charge is 0.367 e. The normalized spacial score (nSPS) is 15.5.